The second-order valence-electron chi connectivity index (χ2n) is 4.97. The van der Waals surface area contributed by atoms with E-state index < -0.39 is 0 Å². The van der Waals surface area contributed by atoms with E-state index in [1.165, 1.54) is 0 Å². The van der Waals surface area contributed by atoms with Crippen LogP contribution in [0.25, 0.3) is 0 Å². The van der Waals surface area contributed by atoms with Gasteiger partial charge in [-0.3, -0.25) is 15.1 Å². The number of halogens is 1. The van der Waals surface area contributed by atoms with E-state index in [9.17, 15) is 4.79 Å². The molecular weight excluding hydrogens is 328 g/mol. The minimum atomic E-state index is -0.275. The molecule has 0 saturated carbocycles. The van der Waals surface area contributed by atoms with Gasteiger partial charge in [0.1, 0.15) is 11.9 Å². The number of likely N-dealkylation sites (N-methyl/N-ethyl adjacent to an activating group) is 1. The maximum absolute atomic E-state index is 12.8. The van der Waals surface area contributed by atoms with Crippen LogP contribution in [-0.2, 0) is 4.79 Å². The van der Waals surface area contributed by atoms with Gasteiger partial charge in [0.2, 0.25) is 0 Å². The van der Waals surface area contributed by atoms with Crippen molar-refractivity contribution in [1.82, 2.24) is 5.32 Å². The number of nitrogens with one attached hydrogen (secondary N) is 1. The van der Waals surface area contributed by atoms with Gasteiger partial charge in [-0.25, -0.2) is 0 Å². The topological polar surface area (TPSA) is 41.5 Å². The molecule has 0 fully saturated rings. The van der Waals surface area contributed by atoms with Crippen LogP contribution in [0.4, 0.5) is 0 Å². The smallest absolute Gasteiger partial charge is 0.192 e. The third-order valence-electron chi connectivity index (χ3n) is 3.65. The Balaban J connectivity index is 2.00. The van der Waals surface area contributed by atoms with Gasteiger partial charge < -0.3 is 0 Å². The van der Waals surface area contributed by atoms with Crippen LogP contribution in [0.15, 0.2) is 64.1 Å². The summed E-state index contributed by atoms with van der Waals surface area (Å²) in [5.74, 6) is -0.207. The van der Waals surface area contributed by atoms with Crippen LogP contribution in [0.2, 0.25) is 0 Å². The first kappa shape index (κ1) is 14.2. The fourth-order valence-electron chi connectivity index (χ4n) is 2.65. The van der Waals surface area contributed by atoms with Crippen LogP contribution in [0.3, 0.4) is 0 Å². The van der Waals surface area contributed by atoms with Gasteiger partial charge in [-0.15, -0.1) is 0 Å². The van der Waals surface area contributed by atoms with Crippen LogP contribution >= 0.6 is 15.9 Å². The Morgan fingerprint density at radius 1 is 1.10 bits per heavy atom. The molecule has 0 radical (unpaired) electrons. The van der Waals surface area contributed by atoms with E-state index in [4.69, 9.17) is 0 Å². The molecule has 2 atom stereocenters. The van der Waals surface area contributed by atoms with E-state index in [2.05, 4.69) is 26.2 Å². The van der Waals surface area contributed by atoms with Crippen LogP contribution in [0.5, 0.6) is 0 Å². The van der Waals surface area contributed by atoms with E-state index in [0.29, 0.717) is 5.71 Å². The Bertz CT molecular complexity index is 697. The van der Waals surface area contributed by atoms with Gasteiger partial charge in [0, 0.05) is 10.0 Å². The molecule has 1 aliphatic heterocycles. The maximum atomic E-state index is 12.8. The lowest BCUT2D eigenvalue weighted by Gasteiger charge is -2.16. The third-order valence-corrected chi connectivity index (χ3v) is 4.14. The number of aliphatic imine (C=N–C) groups is 1. The molecule has 21 heavy (non-hydrogen) atoms. The van der Waals surface area contributed by atoms with Gasteiger partial charge in [-0.2, -0.15) is 0 Å². The molecule has 3 rings (SSSR count). The minimum Gasteiger partial charge on any atom is -0.298 e. The molecule has 0 saturated heterocycles. The Morgan fingerprint density at radius 2 is 1.86 bits per heavy atom. The Kier molecular flexibility index (Phi) is 3.99. The standard InChI is InChI=1S/C17H15BrN2O/c1-19-17-14(12-8-5-9-13(18)10-12)16(21)15(20-17)11-6-3-2-4-7-11/h2-10,14,17,19H,1H3. The van der Waals surface area contributed by atoms with Gasteiger partial charge in [0.05, 0.1) is 5.92 Å². The van der Waals surface area contributed by atoms with Crippen LogP contribution < -0.4 is 5.32 Å². The maximum Gasteiger partial charge on any atom is 0.192 e. The van der Waals surface area contributed by atoms with E-state index in [0.717, 1.165) is 15.6 Å². The quantitative estimate of drug-likeness (QED) is 0.930. The van der Waals surface area contributed by atoms with E-state index in [-0.39, 0.29) is 17.9 Å². The van der Waals surface area contributed by atoms with E-state index in [1.807, 2.05) is 61.6 Å². The molecule has 0 spiro atoms. The Labute approximate surface area is 132 Å². The van der Waals surface area contributed by atoms with Crippen LogP contribution in [0.1, 0.15) is 17.0 Å². The summed E-state index contributed by atoms with van der Waals surface area (Å²) in [6.07, 6.45) is -0.220. The summed E-state index contributed by atoms with van der Waals surface area (Å²) in [4.78, 5) is 17.4. The number of benzene rings is 2. The van der Waals surface area contributed by atoms with Gasteiger partial charge >= 0.3 is 0 Å². The molecule has 1 aliphatic rings. The number of rotatable bonds is 3. The first-order valence-corrected chi connectivity index (χ1v) is 7.60. The number of Topliss-reactive ketones (excluding diaryl/α,β-unsaturated/α-hetero) is 1. The molecule has 2 unspecified atom stereocenters. The van der Waals surface area contributed by atoms with Crippen molar-refractivity contribution in [3.05, 3.63) is 70.2 Å². The van der Waals surface area contributed by atoms with Crippen molar-refractivity contribution in [2.24, 2.45) is 4.99 Å². The molecular formula is C17H15BrN2O. The van der Waals surface area contributed by atoms with Crippen molar-refractivity contribution in [1.29, 1.82) is 0 Å². The highest BCUT2D eigenvalue weighted by atomic mass is 79.9. The molecule has 0 aliphatic carbocycles. The van der Waals surface area contributed by atoms with Gasteiger partial charge in [0.15, 0.2) is 5.78 Å². The van der Waals surface area contributed by atoms with E-state index >= 15 is 0 Å². The normalized spacial score (nSPS) is 21.4. The summed E-state index contributed by atoms with van der Waals surface area (Å²) in [6, 6.07) is 17.5. The first-order chi connectivity index (χ1) is 10.2. The van der Waals surface area contributed by atoms with Crippen molar-refractivity contribution >= 4 is 27.4 Å². The summed E-state index contributed by atoms with van der Waals surface area (Å²) in [6.45, 7) is 0. The summed E-state index contributed by atoms with van der Waals surface area (Å²) in [5.41, 5.74) is 2.41. The lowest BCUT2D eigenvalue weighted by atomic mass is 9.91. The lowest BCUT2D eigenvalue weighted by Crippen LogP contribution is -2.30. The number of carbonyl (C=O) groups excluding carboxylic acids is 1. The number of hydrogen-bond donors (Lipinski definition) is 1. The molecule has 106 valence electrons. The fourth-order valence-corrected chi connectivity index (χ4v) is 3.06. The summed E-state index contributed by atoms with van der Waals surface area (Å²) in [7, 11) is 1.83. The Hall–Kier alpha value is -1.78. The largest absolute Gasteiger partial charge is 0.298 e. The van der Waals surface area contributed by atoms with Crippen molar-refractivity contribution in [3.8, 4) is 0 Å². The van der Waals surface area contributed by atoms with Gasteiger partial charge in [-0.1, -0.05) is 58.4 Å². The fraction of sp³-hybridized carbons (Fsp3) is 0.176. The van der Waals surface area contributed by atoms with Crippen molar-refractivity contribution in [2.45, 2.75) is 12.1 Å². The molecule has 0 bridgehead atoms. The number of hydrogen-bond acceptors (Lipinski definition) is 3. The average molecular weight is 343 g/mol. The molecule has 3 nitrogen and oxygen atoms in total. The second kappa shape index (κ2) is 5.92. The average Bonchev–Trinajstić information content (AvgIpc) is 2.85. The molecule has 1 heterocycles. The predicted molar refractivity (Wildman–Crippen MR) is 87.7 cm³/mol. The minimum absolute atomic E-state index is 0.0682. The molecule has 2 aromatic carbocycles. The second-order valence-corrected chi connectivity index (χ2v) is 5.89. The van der Waals surface area contributed by atoms with Crippen molar-refractivity contribution in [3.63, 3.8) is 0 Å². The van der Waals surface area contributed by atoms with Crippen molar-refractivity contribution < 1.29 is 4.79 Å². The number of carbonyl (C=O) groups is 1. The number of ketones is 1. The van der Waals surface area contributed by atoms with Crippen molar-refractivity contribution in [2.75, 3.05) is 7.05 Å². The lowest BCUT2D eigenvalue weighted by molar-refractivity contribution is -0.114. The third kappa shape index (κ3) is 2.69. The van der Waals surface area contributed by atoms with Crippen LogP contribution in [0, 0.1) is 0 Å². The highest BCUT2D eigenvalue weighted by Crippen LogP contribution is 2.30. The molecule has 0 aromatic heterocycles. The zero-order valence-corrected chi connectivity index (χ0v) is 13.2. The molecule has 1 N–H and O–H groups in total. The predicted octanol–water partition coefficient (Wildman–Crippen LogP) is 3.15. The van der Waals surface area contributed by atoms with Gasteiger partial charge in [0.25, 0.3) is 0 Å². The molecule has 2 aromatic rings. The Morgan fingerprint density at radius 3 is 2.52 bits per heavy atom. The zero-order valence-electron chi connectivity index (χ0n) is 11.6. The van der Waals surface area contributed by atoms with Crippen LogP contribution in [-0.4, -0.2) is 24.7 Å². The summed E-state index contributed by atoms with van der Waals surface area (Å²) < 4.78 is 0.968. The monoisotopic (exact) mass is 342 g/mol. The molecule has 0 amide bonds. The zero-order chi connectivity index (χ0) is 14.8. The summed E-state index contributed by atoms with van der Waals surface area (Å²) in [5, 5.41) is 3.14. The van der Waals surface area contributed by atoms with Gasteiger partial charge in [-0.05, 0) is 24.7 Å². The first-order valence-electron chi connectivity index (χ1n) is 6.81. The SMILES string of the molecule is CNC1N=C(c2ccccc2)C(=O)C1c1cccc(Br)c1. The summed E-state index contributed by atoms with van der Waals surface area (Å²) >= 11 is 3.46. The molecule has 4 heteroatoms. The highest BCUT2D eigenvalue weighted by molar-refractivity contribution is 9.10. The number of nitrogens with zero attached hydrogens (tertiary/aromatic N) is 1. The highest BCUT2D eigenvalue weighted by Gasteiger charge is 2.38. The van der Waals surface area contributed by atoms with E-state index in [1.54, 1.807) is 0 Å².